The Balaban J connectivity index is 1.94. The molecule has 0 atom stereocenters. The normalized spacial score (nSPS) is 13.2. The van der Waals surface area contributed by atoms with Crippen molar-refractivity contribution in [2.24, 2.45) is 0 Å². The Hall–Kier alpha value is -3.64. The molecule has 0 saturated heterocycles. The lowest BCUT2D eigenvalue weighted by molar-refractivity contribution is -0.114. The fourth-order valence-corrected chi connectivity index (χ4v) is 5.63. The molecule has 1 aliphatic heterocycles. The van der Waals surface area contributed by atoms with Crippen LogP contribution in [0.4, 0.5) is 17.1 Å². The van der Waals surface area contributed by atoms with Gasteiger partial charge < -0.3 is 10.3 Å². The summed E-state index contributed by atoms with van der Waals surface area (Å²) in [5.41, 5.74) is 1.97. The highest BCUT2D eigenvalue weighted by Crippen LogP contribution is 2.41. The second-order valence-electron chi connectivity index (χ2n) is 7.09. The summed E-state index contributed by atoms with van der Waals surface area (Å²) in [5.74, 6) is -0.301. The lowest BCUT2D eigenvalue weighted by Crippen LogP contribution is -2.29. The van der Waals surface area contributed by atoms with Gasteiger partial charge in [0, 0.05) is 41.8 Å². The topological polar surface area (TPSA) is 104 Å². The molecule has 3 aromatic rings. The maximum atomic E-state index is 13.7. The molecule has 30 heavy (non-hydrogen) atoms. The zero-order valence-corrected chi connectivity index (χ0v) is 17.1. The number of rotatable bonds is 3. The second kappa shape index (κ2) is 7.00. The van der Waals surface area contributed by atoms with Crippen LogP contribution < -0.4 is 15.2 Å². The number of anilines is 2. The number of hydrogen-bond donors (Lipinski definition) is 2. The fourth-order valence-electron chi connectivity index (χ4n) is 3.86. The van der Waals surface area contributed by atoms with Crippen LogP contribution in [0.2, 0.25) is 0 Å². The molecule has 2 aromatic carbocycles. The van der Waals surface area contributed by atoms with Gasteiger partial charge >= 0.3 is 0 Å². The van der Waals surface area contributed by atoms with E-state index in [4.69, 9.17) is 6.57 Å². The number of fused-ring (bicyclic) bond motifs is 2. The molecule has 152 valence electrons. The highest BCUT2D eigenvalue weighted by molar-refractivity contribution is 7.93. The minimum atomic E-state index is -4.02. The minimum absolute atomic E-state index is 0.0331. The quantitative estimate of drug-likeness (QED) is 0.633. The molecule has 0 unspecified atom stereocenters. The molecule has 0 bridgehead atoms. The van der Waals surface area contributed by atoms with Crippen LogP contribution in [0.25, 0.3) is 15.6 Å². The Morgan fingerprint density at radius 1 is 1.30 bits per heavy atom. The minimum Gasteiger partial charge on any atom is -0.328 e. The molecule has 0 saturated carbocycles. The first-order chi connectivity index (χ1) is 14.2. The van der Waals surface area contributed by atoms with Crippen LogP contribution in [0.15, 0.2) is 46.2 Å². The number of carbonyl (C=O) groups excluding carboxylic acids is 1. The van der Waals surface area contributed by atoms with Crippen molar-refractivity contribution in [3.8, 4) is 0 Å². The van der Waals surface area contributed by atoms with Crippen LogP contribution in [0, 0.1) is 13.5 Å². The van der Waals surface area contributed by atoms with Crippen LogP contribution >= 0.6 is 0 Å². The van der Waals surface area contributed by atoms with E-state index in [2.05, 4.69) is 15.1 Å². The molecule has 9 heteroatoms. The maximum Gasteiger partial charge on any atom is 0.264 e. The van der Waals surface area contributed by atoms with Crippen molar-refractivity contribution in [3.05, 3.63) is 69.4 Å². The first-order valence-electron chi connectivity index (χ1n) is 9.19. The number of aryl methyl sites for hydroxylation is 1. The van der Waals surface area contributed by atoms with Gasteiger partial charge in [-0.25, -0.2) is 13.3 Å². The highest BCUT2D eigenvalue weighted by Gasteiger charge is 2.34. The third-order valence-corrected chi connectivity index (χ3v) is 6.99. The van der Waals surface area contributed by atoms with Crippen LogP contribution in [0.5, 0.6) is 0 Å². The predicted octanol–water partition coefficient (Wildman–Crippen LogP) is 3.10. The van der Waals surface area contributed by atoms with Gasteiger partial charge in [0.05, 0.1) is 11.5 Å². The van der Waals surface area contributed by atoms with Crippen LogP contribution in [0.1, 0.15) is 18.1 Å². The first-order valence-corrected chi connectivity index (χ1v) is 10.6. The van der Waals surface area contributed by atoms with E-state index in [-0.39, 0.29) is 28.6 Å². The number of aromatic nitrogens is 1. The van der Waals surface area contributed by atoms with E-state index in [0.29, 0.717) is 39.7 Å². The summed E-state index contributed by atoms with van der Waals surface area (Å²) in [6.45, 7) is 10.6. The van der Waals surface area contributed by atoms with Crippen molar-refractivity contribution in [2.75, 3.05) is 16.2 Å². The number of nitrogens with one attached hydrogen (secondary N) is 2. The number of sulfonamides is 1. The van der Waals surface area contributed by atoms with Gasteiger partial charge in [-0.2, -0.15) is 0 Å². The summed E-state index contributed by atoms with van der Waals surface area (Å²) in [5, 5.41) is 3.36. The second-order valence-corrected chi connectivity index (χ2v) is 8.92. The summed E-state index contributed by atoms with van der Waals surface area (Å²) in [6, 6.07) is 7.67. The number of nitrogens with zero attached hydrogens (tertiary/aromatic N) is 2. The molecule has 1 aliphatic rings. The van der Waals surface area contributed by atoms with E-state index in [1.807, 2.05) is 0 Å². The zero-order chi connectivity index (χ0) is 21.6. The molecule has 4 rings (SSSR count). The number of pyridine rings is 1. The van der Waals surface area contributed by atoms with Gasteiger partial charge in [0.2, 0.25) is 5.91 Å². The molecule has 0 radical (unpaired) electrons. The molecular weight excluding hydrogens is 404 g/mol. The Bertz CT molecular complexity index is 1420. The summed E-state index contributed by atoms with van der Waals surface area (Å²) in [4.78, 5) is 29.9. The smallest absolute Gasteiger partial charge is 0.264 e. The monoisotopic (exact) mass is 422 g/mol. The van der Waals surface area contributed by atoms with Gasteiger partial charge in [-0.3, -0.25) is 13.9 Å². The average Bonchev–Trinajstić information content (AvgIpc) is 3.15. The number of hydrogen-bond acceptors (Lipinski definition) is 4. The number of aromatic amines is 1. The average molecular weight is 422 g/mol. The molecule has 1 aromatic heterocycles. The van der Waals surface area contributed by atoms with E-state index in [9.17, 15) is 18.0 Å². The standard InChI is InChI=1S/C21H18N4O4S/c1-12-11-23-21(27)16-5-4-6-19(20(12)16)30(28,29)25-8-7-15-17(24-13(2)26)9-14(22-3)10-18(15)25/h4-6,9-11H,7-8H2,1-2H3,(H,23,27)(H,24,26). The third-order valence-electron chi connectivity index (χ3n) is 5.14. The molecule has 2 N–H and O–H groups in total. The molecule has 0 fully saturated rings. The Labute approximate surface area is 173 Å². The fraction of sp³-hybridized carbons (Fsp3) is 0.190. The summed E-state index contributed by atoms with van der Waals surface area (Å²) < 4.78 is 28.6. The van der Waals surface area contributed by atoms with Gasteiger partial charge in [0.25, 0.3) is 15.6 Å². The number of amides is 1. The molecule has 1 amide bonds. The first kappa shape index (κ1) is 19.7. The third kappa shape index (κ3) is 3.02. The van der Waals surface area contributed by atoms with Crippen LogP contribution in [-0.4, -0.2) is 25.9 Å². The van der Waals surface area contributed by atoms with Gasteiger partial charge in [0.15, 0.2) is 5.69 Å². The SMILES string of the molecule is [C-]#[N+]c1cc(NC(C)=O)c2c(c1)N(S(=O)(=O)c1cccc3c(=O)[nH]cc(C)c13)CC2. The lowest BCUT2D eigenvalue weighted by atomic mass is 10.1. The maximum absolute atomic E-state index is 13.7. The van der Waals surface area contributed by atoms with Crippen molar-refractivity contribution in [1.29, 1.82) is 0 Å². The van der Waals surface area contributed by atoms with Crippen molar-refractivity contribution in [2.45, 2.75) is 25.2 Å². The predicted molar refractivity (Wildman–Crippen MR) is 115 cm³/mol. The van der Waals surface area contributed by atoms with Crippen molar-refractivity contribution < 1.29 is 13.2 Å². The molecule has 0 spiro atoms. The lowest BCUT2D eigenvalue weighted by Gasteiger charge is -2.22. The van der Waals surface area contributed by atoms with Gasteiger partial charge in [-0.05, 0) is 48.7 Å². The summed E-state index contributed by atoms with van der Waals surface area (Å²) in [7, 11) is -4.02. The molecule has 2 heterocycles. The van der Waals surface area contributed by atoms with Gasteiger partial charge in [0.1, 0.15) is 0 Å². The molecular formula is C21H18N4O4S. The van der Waals surface area contributed by atoms with Crippen molar-refractivity contribution in [1.82, 2.24) is 4.98 Å². The van der Waals surface area contributed by atoms with E-state index in [1.54, 1.807) is 25.1 Å². The van der Waals surface area contributed by atoms with Crippen LogP contribution in [0.3, 0.4) is 0 Å². The van der Waals surface area contributed by atoms with Crippen molar-refractivity contribution >= 4 is 43.8 Å². The number of benzene rings is 2. The van der Waals surface area contributed by atoms with E-state index in [1.165, 1.54) is 29.6 Å². The Morgan fingerprint density at radius 3 is 2.77 bits per heavy atom. The molecule has 8 nitrogen and oxygen atoms in total. The Morgan fingerprint density at radius 2 is 2.07 bits per heavy atom. The largest absolute Gasteiger partial charge is 0.328 e. The Kier molecular flexibility index (Phi) is 4.59. The van der Waals surface area contributed by atoms with Gasteiger partial charge in [-0.15, -0.1) is 0 Å². The molecule has 0 aliphatic carbocycles. The summed E-state index contributed by atoms with van der Waals surface area (Å²) >= 11 is 0. The number of carbonyl (C=O) groups is 1. The highest BCUT2D eigenvalue weighted by atomic mass is 32.2. The van der Waals surface area contributed by atoms with E-state index >= 15 is 0 Å². The summed E-state index contributed by atoms with van der Waals surface area (Å²) in [6.07, 6.45) is 1.89. The zero-order valence-electron chi connectivity index (χ0n) is 16.3. The van der Waals surface area contributed by atoms with E-state index in [0.717, 1.165) is 0 Å². The number of H-pyrrole nitrogens is 1. The van der Waals surface area contributed by atoms with Crippen molar-refractivity contribution in [3.63, 3.8) is 0 Å². The van der Waals surface area contributed by atoms with E-state index < -0.39 is 10.0 Å². The van der Waals surface area contributed by atoms with Crippen LogP contribution in [-0.2, 0) is 21.2 Å². The van der Waals surface area contributed by atoms with Gasteiger partial charge in [-0.1, -0.05) is 6.07 Å².